The maximum atomic E-state index is 13.5. The predicted octanol–water partition coefficient (Wildman–Crippen LogP) is 2.14. The average molecular weight is 390 g/mol. The number of likely N-dealkylation sites (N-methyl/N-ethyl adjacent to an activating group) is 1. The number of piperazine rings is 1. The van der Waals surface area contributed by atoms with Crippen LogP contribution in [0.3, 0.4) is 0 Å². The SMILES string of the molecule is CC(C(=O)N1CCc2oc(-c3cc(F)cc(F)c3)nc2C1)N1CCN(C)CC1. The van der Waals surface area contributed by atoms with Gasteiger partial charge in [-0.3, -0.25) is 9.69 Å². The van der Waals surface area contributed by atoms with Crippen LogP contribution in [0.1, 0.15) is 18.4 Å². The first kappa shape index (κ1) is 19.0. The number of hydrogen-bond acceptors (Lipinski definition) is 5. The minimum Gasteiger partial charge on any atom is -0.441 e. The molecule has 2 aliphatic heterocycles. The topological polar surface area (TPSA) is 52.8 Å². The molecular formula is C20H24F2N4O2. The summed E-state index contributed by atoms with van der Waals surface area (Å²) in [6, 6.07) is 3.02. The van der Waals surface area contributed by atoms with Gasteiger partial charge >= 0.3 is 0 Å². The van der Waals surface area contributed by atoms with E-state index in [1.807, 2.05) is 6.92 Å². The third kappa shape index (κ3) is 3.79. The lowest BCUT2D eigenvalue weighted by molar-refractivity contribution is -0.138. The Balaban J connectivity index is 1.47. The molecule has 0 bridgehead atoms. The minimum absolute atomic E-state index is 0.0801. The zero-order valence-corrected chi connectivity index (χ0v) is 16.1. The molecule has 1 saturated heterocycles. The van der Waals surface area contributed by atoms with E-state index < -0.39 is 11.6 Å². The molecule has 8 heteroatoms. The van der Waals surface area contributed by atoms with Gasteiger partial charge in [-0.1, -0.05) is 0 Å². The molecule has 1 aromatic heterocycles. The van der Waals surface area contributed by atoms with Crippen LogP contribution in [-0.4, -0.2) is 71.4 Å². The fraction of sp³-hybridized carbons (Fsp3) is 0.500. The van der Waals surface area contributed by atoms with E-state index in [-0.39, 0.29) is 23.4 Å². The molecule has 2 aromatic rings. The number of benzene rings is 1. The standard InChI is InChI=1S/C20H24F2N4O2/c1-13(25-7-5-24(2)6-8-25)20(27)26-4-3-18-17(12-26)23-19(28-18)14-9-15(21)11-16(22)10-14/h9-11,13H,3-8,12H2,1-2H3. The van der Waals surface area contributed by atoms with E-state index in [2.05, 4.69) is 21.8 Å². The van der Waals surface area contributed by atoms with Crippen LogP contribution >= 0.6 is 0 Å². The van der Waals surface area contributed by atoms with E-state index in [1.165, 1.54) is 12.1 Å². The smallest absolute Gasteiger partial charge is 0.240 e. The Morgan fingerprint density at radius 3 is 2.46 bits per heavy atom. The number of rotatable bonds is 3. The third-order valence-corrected chi connectivity index (χ3v) is 5.59. The first-order valence-corrected chi connectivity index (χ1v) is 9.57. The second kappa shape index (κ2) is 7.60. The molecule has 1 fully saturated rings. The molecule has 4 rings (SSSR count). The summed E-state index contributed by atoms with van der Waals surface area (Å²) in [5.74, 6) is -0.412. The van der Waals surface area contributed by atoms with Crippen LogP contribution in [0.5, 0.6) is 0 Å². The number of aromatic nitrogens is 1. The van der Waals surface area contributed by atoms with Gasteiger partial charge in [-0.2, -0.15) is 0 Å². The summed E-state index contributed by atoms with van der Waals surface area (Å²) in [5.41, 5.74) is 0.917. The van der Waals surface area contributed by atoms with Gasteiger partial charge in [0.2, 0.25) is 11.8 Å². The summed E-state index contributed by atoms with van der Waals surface area (Å²) in [5, 5.41) is 0. The zero-order valence-electron chi connectivity index (χ0n) is 16.1. The number of carbonyl (C=O) groups excluding carboxylic acids is 1. The second-order valence-corrected chi connectivity index (χ2v) is 7.57. The molecule has 1 unspecified atom stereocenters. The molecule has 0 spiro atoms. The fourth-order valence-corrected chi connectivity index (χ4v) is 3.82. The predicted molar refractivity (Wildman–Crippen MR) is 99.5 cm³/mol. The van der Waals surface area contributed by atoms with Crippen LogP contribution in [-0.2, 0) is 17.8 Å². The molecule has 150 valence electrons. The molecule has 3 heterocycles. The summed E-state index contributed by atoms with van der Waals surface area (Å²) in [4.78, 5) is 23.6. The molecule has 6 nitrogen and oxygen atoms in total. The molecule has 2 aliphatic rings. The maximum absolute atomic E-state index is 13.5. The fourth-order valence-electron chi connectivity index (χ4n) is 3.82. The van der Waals surface area contributed by atoms with Crippen LogP contribution in [0.25, 0.3) is 11.5 Å². The molecule has 0 aliphatic carbocycles. The lowest BCUT2D eigenvalue weighted by atomic mass is 10.1. The van der Waals surface area contributed by atoms with E-state index in [1.54, 1.807) is 4.90 Å². The molecular weight excluding hydrogens is 366 g/mol. The highest BCUT2D eigenvalue weighted by Crippen LogP contribution is 2.27. The van der Waals surface area contributed by atoms with Gasteiger partial charge in [0.25, 0.3) is 0 Å². The summed E-state index contributed by atoms with van der Waals surface area (Å²) in [6.45, 7) is 6.53. The van der Waals surface area contributed by atoms with Gasteiger partial charge in [0, 0.05) is 50.8 Å². The van der Waals surface area contributed by atoms with E-state index in [9.17, 15) is 13.6 Å². The number of halogens is 2. The van der Waals surface area contributed by atoms with E-state index >= 15 is 0 Å². The molecule has 1 amide bonds. The van der Waals surface area contributed by atoms with E-state index in [0.29, 0.717) is 31.0 Å². The van der Waals surface area contributed by atoms with Crippen molar-refractivity contribution < 1.29 is 18.0 Å². The van der Waals surface area contributed by atoms with Gasteiger partial charge in [-0.15, -0.1) is 0 Å². The largest absolute Gasteiger partial charge is 0.441 e. The maximum Gasteiger partial charge on any atom is 0.240 e. The van der Waals surface area contributed by atoms with Gasteiger partial charge in [0.05, 0.1) is 12.6 Å². The Bertz CT molecular complexity index is 857. The Morgan fingerprint density at radius 2 is 1.79 bits per heavy atom. The molecule has 0 radical (unpaired) electrons. The minimum atomic E-state index is -0.677. The molecule has 0 saturated carbocycles. The highest BCUT2D eigenvalue weighted by molar-refractivity contribution is 5.81. The number of oxazole rings is 1. The van der Waals surface area contributed by atoms with Gasteiger partial charge in [-0.05, 0) is 26.1 Å². The normalized spacial score (nSPS) is 19.5. The van der Waals surface area contributed by atoms with Crippen LogP contribution in [0.4, 0.5) is 8.78 Å². The number of hydrogen-bond donors (Lipinski definition) is 0. The van der Waals surface area contributed by atoms with Crippen LogP contribution in [0, 0.1) is 11.6 Å². The number of carbonyl (C=O) groups is 1. The van der Waals surface area contributed by atoms with Crippen molar-refractivity contribution in [3.05, 3.63) is 41.3 Å². The summed E-state index contributed by atoms with van der Waals surface area (Å²) >= 11 is 0. The molecule has 28 heavy (non-hydrogen) atoms. The number of fused-ring (bicyclic) bond motifs is 1. The highest BCUT2D eigenvalue weighted by atomic mass is 19.1. The quantitative estimate of drug-likeness (QED) is 0.804. The van der Waals surface area contributed by atoms with Crippen molar-refractivity contribution in [2.75, 3.05) is 39.8 Å². The summed E-state index contributed by atoms with van der Waals surface area (Å²) in [6.07, 6.45) is 0.543. The molecule has 1 aromatic carbocycles. The lowest BCUT2D eigenvalue weighted by Crippen LogP contribution is -2.54. The van der Waals surface area contributed by atoms with Gasteiger partial charge in [-0.25, -0.2) is 13.8 Å². The van der Waals surface area contributed by atoms with Crippen molar-refractivity contribution in [2.45, 2.75) is 25.9 Å². The summed E-state index contributed by atoms with van der Waals surface area (Å²) < 4.78 is 32.7. The van der Waals surface area contributed by atoms with E-state index in [0.717, 1.165) is 32.2 Å². The molecule has 1 atom stereocenters. The first-order chi connectivity index (χ1) is 13.4. The van der Waals surface area contributed by atoms with Crippen LogP contribution in [0.2, 0.25) is 0 Å². The van der Waals surface area contributed by atoms with Gasteiger partial charge in [0.15, 0.2) is 0 Å². The Morgan fingerprint density at radius 1 is 1.11 bits per heavy atom. The van der Waals surface area contributed by atoms with E-state index in [4.69, 9.17) is 4.42 Å². The van der Waals surface area contributed by atoms with Gasteiger partial charge in [0.1, 0.15) is 23.1 Å². The van der Waals surface area contributed by atoms with Crippen molar-refractivity contribution >= 4 is 5.91 Å². The number of amides is 1. The van der Waals surface area contributed by atoms with Crippen molar-refractivity contribution in [3.63, 3.8) is 0 Å². The third-order valence-electron chi connectivity index (χ3n) is 5.59. The van der Waals surface area contributed by atoms with Gasteiger partial charge < -0.3 is 14.2 Å². The first-order valence-electron chi connectivity index (χ1n) is 9.57. The zero-order chi connectivity index (χ0) is 19.8. The Kier molecular flexibility index (Phi) is 5.16. The number of nitrogens with zero attached hydrogens (tertiary/aromatic N) is 4. The van der Waals surface area contributed by atoms with Crippen molar-refractivity contribution in [2.24, 2.45) is 0 Å². The van der Waals surface area contributed by atoms with Crippen molar-refractivity contribution in [1.29, 1.82) is 0 Å². The summed E-state index contributed by atoms with van der Waals surface area (Å²) in [7, 11) is 2.09. The second-order valence-electron chi connectivity index (χ2n) is 7.57. The Hall–Kier alpha value is -2.32. The van der Waals surface area contributed by atoms with Crippen molar-refractivity contribution in [3.8, 4) is 11.5 Å². The van der Waals surface area contributed by atoms with Crippen LogP contribution < -0.4 is 0 Å². The Labute approximate surface area is 162 Å². The average Bonchev–Trinajstić information content (AvgIpc) is 3.10. The highest BCUT2D eigenvalue weighted by Gasteiger charge is 2.32. The molecule has 0 N–H and O–H groups in total. The van der Waals surface area contributed by atoms with Crippen LogP contribution in [0.15, 0.2) is 22.6 Å². The lowest BCUT2D eigenvalue weighted by Gasteiger charge is -2.38. The van der Waals surface area contributed by atoms with Crippen molar-refractivity contribution in [1.82, 2.24) is 19.7 Å². The monoisotopic (exact) mass is 390 g/mol.